The molecule has 0 spiro atoms. The van der Waals surface area contributed by atoms with E-state index in [9.17, 15) is 4.79 Å². The van der Waals surface area contributed by atoms with E-state index in [1.165, 1.54) is 0 Å². The van der Waals surface area contributed by atoms with Gasteiger partial charge in [-0.2, -0.15) is 0 Å². The first-order chi connectivity index (χ1) is 9.63. The molecule has 0 radical (unpaired) electrons. The number of hydrogen-bond donors (Lipinski definition) is 2. The Kier molecular flexibility index (Phi) is 7.41. The number of amides is 1. The molecule has 1 aromatic carbocycles. The van der Waals surface area contributed by atoms with Gasteiger partial charge in [0.1, 0.15) is 0 Å². The molecule has 0 aromatic heterocycles. The van der Waals surface area contributed by atoms with Crippen LogP contribution in [0.3, 0.4) is 0 Å². The summed E-state index contributed by atoms with van der Waals surface area (Å²) in [5.74, 6) is 5.60. The van der Waals surface area contributed by atoms with E-state index in [4.69, 9.17) is 9.84 Å². The van der Waals surface area contributed by atoms with Crippen LogP contribution in [-0.2, 0) is 4.74 Å². The summed E-state index contributed by atoms with van der Waals surface area (Å²) in [6, 6.07) is 7.12. The molecule has 0 aliphatic rings. The number of carbonyl (C=O) groups excluding carboxylic acids is 1. The van der Waals surface area contributed by atoms with Crippen LogP contribution in [0, 0.1) is 11.8 Å². The van der Waals surface area contributed by atoms with Crippen LogP contribution in [0.25, 0.3) is 0 Å². The van der Waals surface area contributed by atoms with E-state index < -0.39 is 0 Å². The zero-order chi connectivity index (χ0) is 14.8. The highest BCUT2D eigenvalue weighted by atomic mass is 16.5. The summed E-state index contributed by atoms with van der Waals surface area (Å²) < 4.78 is 5.36. The molecular weight excluding hydrogens is 254 g/mol. The van der Waals surface area contributed by atoms with Gasteiger partial charge in [-0.15, -0.1) is 0 Å². The smallest absolute Gasteiger partial charge is 0.251 e. The normalized spacial score (nSPS) is 10.0. The number of nitrogens with one attached hydrogen (secondary N) is 1. The predicted octanol–water partition coefficient (Wildman–Crippen LogP) is 1.58. The van der Waals surface area contributed by atoms with Gasteiger partial charge in [0.05, 0.1) is 19.3 Å². The lowest BCUT2D eigenvalue weighted by Crippen LogP contribution is -2.28. The third-order valence-corrected chi connectivity index (χ3v) is 2.43. The molecule has 0 heterocycles. The number of benzene rings is 1. The van der Waals surface area contributed by atoms with E-state index >= 15 is 0 Å². The van der Waals surface area contributed by atoms with Gasteiger partial charge in [-0.05, 0) is 32.0 Å². The Bertz CT molecular complexity index is 486. The molecule has 0 saturated heterocycles. The van der Waals surface area contributed by atoms with Crippen molar-refractivity contribution in [3.05, 3.63) is 35.4 Å². The van der Waals surface area contributed by atoms with Gasteiger partial charge in [0.15, 0.2) is 0 Å². The lowest BCUT2D eigenvalue weighted by atomic mass is 10.1. The van der Waals surface area contributed by atoms with Crippen LogP contribution in [0.4, 0.5) is 0 Å². The van der Waals surface area contributed by atoms with Crippen LogP contribution >= 0.6 is 0 Å². The zero-order valence-electron chi connectivity index (χ0n) is 12.0. The topological polar surface area (TPSA) is 58.6 Å². The van der Waals surface area contributed by atoms with Crippen LogP contribution in [0.1, 0.15) is 36.2 Å². The third-order valence-electron chi connectivity index (χ3n) is 2.43. The summed E-state index contributed by atoms with van der Waals surface area (Å²) in [4.78, 5) is 11.9. The van der Waals surface area contributed by atoms with E-state index in [2.05, 4.69) is 17.2 Å². The number of aliphatic hydroxyl groups excluding tert-OH is 1. The summed E-state index contributed by atoms with van der Waals surface area (Å²) in [5.41, 5.74) is 1.34. The molecule has 0 bridgehead atoms. The van der Waals surface area contributed by atoms with Crippen molar-refractivity contribution in [2.24, 2.45) is 0 Å². The van der Waals surface area contributed by atoms with Gasteiger partial charge in [0, 0.05) is 24.1 Å². The molecule has 0 saturated carbocycles. The lowest BCUT2D eigenvalue weighted by molar-refractivity contribution is 0.0746. The Balaban J connectivity index is 2.52. The van der Waals surface area contributed by atoms with Gasteiger partial charge in [-0.3, -0.25) is 4.79 Å². The summed E-state index contributed by atoms with van der Waals surface area (Å²) in [6.45, 7) is 4.94. The molecule has 20 heavy (non-hydrogen) atoms. The van der Waals surface area contributed by atoms with Crippen LogP contribution in [-0.4, -0.2) is 36.9 Å². The molecule has 0 atom stereocenters. The average molecular weight is 275 g/mol. The van der Waals surface area contributed by atoms with Crippen molar-refractivity contribution in [2.45, 2.75) is 26.4 Å². The molecule has 0 unspecified atom stereocenters. The van der Waals surface area contributed by atoms with Gasteiger partial charge in [0.2, 0.25) is 0 Å². The van der Waals surface area contributed by atoms with Crippen molar-refractivity contribution in [3.63, 3.8) is 0 Å². The minimum atomic E-state index is -0.136. The molecule has 108 valence electrons. The number of rotatable bonds is 6. The van der Waals surface area contributed by atoms with E-state index in [0.717, 1.165) is 5.56 Å². The Labute approximate surface area is 120 Å². The lowest BCUT2D eigenvalue weighted by Gasteiger charge is -2.08. The molecule has 4 heteroatoms. The Morgan fingerprint density at radius 3 is 2.95 bits per heavy atom. The Morgan fingerprint density at radius 2 is 2.25 bits per heavy atom. The fraction of sp³-hybridized carbons (Fsp3) is 0.438. The summed E-state index contributed by atoms with van der Waals surface area (Å²) in [7, 11) is 0. The van der Waals surface area contributed by atoms with Gasteiger partial charge in [-0.1, -0.05) is 17.9 Å². The number of aliphatic hydroxyl groups is 1. The van der Waals surface area contributed by atoms with Gasteiger partial charge in [0.25, 0.3) is 5.91 Å². The highest BCUT2D eigenvalue weighted by Gasteiger charge is 2.05. The average Bonchev–Trinajstić information content (AvgIpc) is 2.44. The molecule has 1 amide bonds. The third kappa shape index (κ3) is 6.37. The van der Waals surface area contributed by atoms with Crippen LogP contribution in [0.2, 0.25) is 0 Å². The second-order valence-corrected chi connectivity index (χ2v) is 4.53. The summed E-state index contributed by atoms with van der Waals surface area (Å²) in [5, 5.41) is 11.5. The Morgan fingerprint density at radius 1 is 1.45 bits per heavy atom. The highest BCUT2D eigenvalue weighted by molar-refractivity contribution is 5.94. The summed E-state index contributed by atoms with van der Waals surface area (Å²) in [6.07, 6.45) is 0.597. The van der Waals surface area contributed by atoms with E-state index in [0.29, 0.717) is 25.1 Å². The number of hydrogen-bond acceptors (Lipinski definition) is 3. The second-order valence-electron chi connectivity index (χ2n) is 4.53. The van der Waals surface area contributed by atoms with Crippen molar-refractivity contribution in [1.82, 2.24) is 5.32 Å². The van der Waals surface area contributed by atoms with Gasteiger partial charge in [-0.25, -0.2) is 0 Å². The minimum absolute atomic E-state index is 0.0447. The first-order valence-electron chi connectivity index (χ1n) is 6.73. The minimum Gasteiger partial charge on any atom is -0.395 e. The predicted molar refractivity (Wildman–Crippen MR) is 78.4 cm³/mol. The van der Waals surface area contributed by atoms with Crippen molar-refractivity contribution < 1.29 is 14.6 Å². The highest BCUT2D eigenvalue weighted by Crippen LogP contribution is 2.04. The second kappa shape index (κ2) is 9.13. The Hall–Kier alpha value is -1.83. The first kappa shape index (κ1) is 16.2. The maximum atomic E-state index is 11.9. The maximum absolute atomic E-state index is 11.9. The SMILES string of the molecule is CC(C)OCCNC(=O)c1cccc(C#CCCO)c1. The van der Waals surface area contributed by atoms with E-state index in [-0.39, 0.29) is 18.6 Å². The molecule has 0 fully saturated rings. The van der Waals surface area contributed by atoms with Crippen molar-refractivity contribution >= 4 is 5.91 Å². The molecule has 1 rings (SSSR count). The van der Waals surface area contributed by atoms with Crippen LogP contribution in [0.5, 0.6) is 0 Å². The number of ether oxygens (including phenoxy) is 1. The van der Waals surface area contributed by atoms with E-state index in [1.54, 1.807) is 18.2 Å². The zero-order valence-corrected chi connectivity index (χ0v) is 12.0. The standard InChI is InChI=1S/C16H21NO3/c1-13(2)20-11-9-17-16(19)15-8-5-7-14(12-15)6-3-4-10-18/h5,7-8,12-13,18H,4,9-11H2,1-2H3,(H,17,19). The molecule has 1 aromatic rings. The monoisotopic (exact) mass is 275 g/mol. The van der Waals surface area contributed by atoms with Crippen molar-refractivity contribution in [2.75, 3.05) is 19.8 Å². The number of carbonyl (C=O) groups is 1. The maximum Gasteiger partial charge on any atom is 0.251 e. The van der Waals surface area contributed by atoms with Gasteiger partial charge < -0.3 is 15.2 Å². The van der Waals surface area contributed by atoms with Gasteiger partial charge >= 0.3 is 0 Å². The van der Waals surface area contributed by atoms with Crippen LogP contribution in [0.15, 0.2) is 24.3 Å². The molecule has 0 aliphatic heterocycles. The molecule has 4 nitrogen and oxygen atoms in total. The first-order valence-corrected chi connectivity index (χ1v) is 6.73. The van der Waals surface area contributed by atoms with Crippen molar-refractivity contribution in [3.8, 4) is 11.8 Å². The fourth-order valence-corrected chi connectivity index (χ4v) is 1.52. The molecular formula is C16H21NO3. The van der Waals surface area contributed by atoms with Crippen LogP contribution < -0.4 is 5.32 Å². The fourth-order valence-electron chi connectivity index (χ4n) is 1.52. The molecule has 0 aliphatic carbocycles. The van der Waals surface area contributed by atoms with Crippen molar-refractivity contribution in [1.29, 1.82) is 0 Å². The van der Waals surface area contributed by atoms with E-state index in [1.807, 2.05) is 19.9 Å². The quantitative estimate of drug-likeness (QED) is 0.612. The largest absolute Gasteiger partial charge is 0.395 e. The summed E-state index contributed by atoms with van der Waals surface area (Å²) >= 11 is 0. The molecule has 2 N–H and O–H groups in total.